The summed E-state index contributed by atoms with van der Waals surface area (Å²) in [6, 6.07) is 0. The van der Waals surface area contributed by atoms with Gasteiger partial charge in [-0.2, -0.15) is 13.2 Å². The van der Waals surface area contributed by atoms with Crippen LogP contribution in [0.3, 0.4) is 0 Å². The summed E-state index contributed by atoms with van der Waals surface area (Å²) in [5.41, 5.74) is -0.0416. The number of piperidine rings is 1. The molecule has 0 saturated carbocycles. The number of hydrogen-bond acceptors (Lipinski definition) is 3. The molecule has 6 nitrogen and oxygen atoms in total. The number of nitrogens with one attached hydrogen (secondary N) is 2. The summed E-state index contributed by atoms with van der Waals surface area (Å²) >= 11 is 0. The molecule has 2 aliphatic rings. The van der Waals surface area contributed by atoms with Gasteiger partial charge in [0.25, 0.3) is 0 Å². The number of hydrogen-bond donors (Lipinski definition) is 2. The Bertz CT molecular complexity index is 482. The maximum absolute atomic E-state index is 12.3. The highest BCUT2D eigenvalue weighted by Crippen LogP contribution is 2.35. The lowest BCUT2D eigenvalue weighted by Crippen LogP contribution is -2.52. The van der Waals surface area contributed by atoms with E-state index in [4.69, 9.17) is 0 Å². The van der Waals surface area contributed by atoms with E-state index in [0.29, 0.717) is 25.5 Å². The number of amides is 1. The molecule has 9 heteroatoms. The minimum absolute atomic E-state index is 0.0416. The van der Waals surface area contributed by atoms with Crippen LogP contribution in [0.5, 0.6) is 0 Å². The van der Waals surface area contributed by atoms with Crippen molar-refractivity contribution in [1.82, 2.24) is 20.4 Å². The van der Waals surface area contributed by atoms with Crippen LogP contribution in [-0.4, -0.2) is 81.2 Å². The predicted molar refractivity (Wildman–Crippen MR) is 85.8 cm³/mol. The second kappa shape index (κ2) is 7.58. The quantitative estimate of drug-likeness (QED) is 0.578. The van der Waals surface area contributed by atoms with Gasteiger partial charge in [-0.1, -0.05) is 0 Å². The van der Waals surface area contributed by atoms with Crippen LogP contribution in [0, 0.1) is 5.41 Å². The van der Waals surface area contributed by atoms with Gasteiger partial charge in [-0.05, 0) is 19.9 Å². The highest BCUT2D eigenvalue weighted by molar-refractivity contribution is 5.81. The van der Waals surface area contributed by atoms with E-state index < -0.39 is 12.7 Å². The van der Waals surface area contributed by atoms with Crippen LogP contribution in [0.2, 0.25) is 0 Å². The monoisotopic (exact) mass is 349 g/mol. The third-order valence-corrected chi connectivity index (χ3v) is 4.59. The standard InChI is InChI=1S/C15H26F3N5O/c1-19-13(20-5-7-22(2)11-15(16,17)18)23-6-3-4-14(10-23)8-12(24)21-9-14/h3-11H2,1-2H3,(H,19,20)(H,21,24). The molecule has 0 aromatic rings. The van der Waals surface area contributed by atoms with Gasteiger partial charge in [-0.15, -0.1) is 0 Å². The maximum Gasteiger partial charge on any atom is 0.401 e. The average Bonchev–Trinajstić information content (AvgIpc) is 2.82. The molecular weight excluding hydrogens is 323 g/mol. The molecule has 1 unspecified atom stereocenters. The van der Waals surface area contributed by atoms with Crippen molar-refractivity contribution in [2.24, 2.45) is 10.4 Å². The number of guanidine groups is 1. The van der Waals surface area contributed by atoms with Gasteiger partial charge in [-0.25, -0.2) is 0 Å². The fourth-order valence-corrected chi connectivity index (χ4v) is 3.50. The summed E-state index contributed by atoms with van der Waals surface area (Å²) in [7, 11) is 3.12. The molecule has 2 N–H and O–H groups in total. The highest BCUT2D eigenvalue weighted by atomic mass is 19.4. The van der Waals surface area contributed by atoms with E-state index in [-0.39, 0.29) is 17.9 Å². The molecule has 0 bridgehead atoms. The molecule has 0 radical (unpaired) electrons. The smallest absolute Gasteiger partial charge is 0.355 e. The first-order chi connectivity index (χ1) is 11.2. The fourth-order valence-electron chi connectivity index (χ4n) is 3.50. The van der Waals surface area contributed by atoms with Crippen LogP contribution in [0.25, 0.3) is 0 Å². The summed E-state index contributed by atoms with van der Waals surface area (Å²) in [5, 5.41) is 6.03. The first-order valence-corrected chi connectivity index (χ1v) is 8.21. The Morgan fingerprint density at radius 3 is 2.83 bits per heavy atom. The molecule has 2 fully saturated rings. The van der Waals surface area contributed by atoms with Crippen molar-refractivity contribution in [3.05, 3.63) is 0 Å². The largest absolute Gasteiger partial charge is 0.401 e. The van der Waals surface area contributed by atoms with Gasteiger partial charge in [0.2, 0.25) is 5.91 Å². The lowest BCUT2D eigenvalue weighted by molar-refractivity contribution is -0.142. The molecule has 138 valence electrons. The molecule has 24 heavy (non-hydrogen) atoms. The van der Waals surface area contributed by atoms with E-state index in [9.17, 15) is 18.0 Å². The zero-order valence-electron chi connectivity index (χ0n) is 14.2. The summed E-state index contributed by atoms with van der Waals surface area (Å²) in [6.45, 7) is 2.01. The van der Waals surface area contributed by atoms with Crippen LogP contribution in [-0.2, 0) is 4.79 Å². The molecule has 1 spiro atoms. The van der Waals surface area contributed by atoms with Crippen molar-refractivity contribution in [3.8, 4) is 0 Å². The Hall–Kier alpha value is -1.51. The first kappa shape index (κ1) is 18.8. The number of nitrogens with zero attached hydrogens (tertiary/aromatic N) is 3. The molecule has 1 amide bonds. The third-order valence-electron chi connectivity index (χ3n) is 4.59. The number of carbonyl (C=O) groups is 1. The molecule has 2 heterocycles. The molecule has 2 saturated heterocycles. The molecule has 2 rings (SSSR count). The Balaban J connectivity index is 1.82. The van der Waals surface area contributed by atoms with Crippen LogP contribution in [0.1, 0.15) is 19.3 Å². The number of aliphatic imine (C=N–C) groups is 1. The van der Waals surface area contributed by atoms with Gasteiger partial charge in [0, 0.05) is 51.6 Å². The number of carbonyl (C=O) groups excluding carboxylic acids is 1. The SMILES string of the molecule is CN=C(NCCN(C)CC(F)(F)F)N1CCCC2(CNC(=O)C2)C1. The highest BCUT2D eigenvalue weighted by Gasteiger charge is 2.42. The Morgan fingerprint density at radius 2 is 2.25 bits per heavy atom. The average molecular weight is 349 g/mol. The summed E-state index contributed by atoms with van der Waals surface area (Å²) in [5.74, 6) is 0.780. The number of rotatable bonds is 4. The van der Waals surface area contributed by atoms with Crippen LogP contribution in [0.15, 0.2) is 4.99 Å². The van der Waals surface area contributed by atoms with Gasteiger partial charge < -0.3 is 15.5 Å². The lowest BCUT2D eigenvalue weighted by atomic mass is 9.79. The van der Waals surface area contributed by atoms with E-state index >= 15 is 0 Å². The van der Waals surface area contributed by atoms with Crippen molar-refractivity contribution in [3.63, 3.8) is 0 Å². The van der Waals surface area contributed by atoms with Crippen LogP contribution in [0.4, 0.5) is 13.2 Å². The van der Waals surface area contributed by atoms with Crippen molar-refractivity contribution in [2.75, 3.05) is 53.4 Å². The number of likely N-dealkylation sites (tertiary alicyclic amines) is 1. The van der Waals surface area contributed by atoms with E-state index in [1.54, 1.807) is 7.05 Å². The zero-order valence-corrected chi connectivity index (χ0v) is 14.2. The number of halogens is 3. The molecule has 2 aliphatic heterocycles. The minimum Gasteiger partial charge on any atom is -0.355 e. The Kier molecular flexibility index (Phi) is 5.95. The number of alkyl halides is 3. The van der Waals surface area contributed by atoms with Crippen molar-refractivity contribution in [2.45, 2.75) is 25.4 Å². The van der Waals surface area contributed by atoms with Crippen molar-refractivity contribution < 1.29 is 18.0 Å². The normalized spacial score (nSPS) is 25.5. The topological polar surface area (TPSA) is 60.0 Å². The van der Waals surface area contributed by atoms with Gasteiger partial charge in [0.1, 0.15) is 0 Å². The van der Waals surface area contributed by atoms with Gasteiger partial charge in [-0.3, -0.25) is 14.7 Å². The van der Waals surface area contributed by atoms with Crippen LogP contribution < -0.4 is 10.6 Å². The maximum atomic E-state index is 12.3. The van der Waals surface area contributed by atoms with Gasteiger partial charge >= 0.3 is 6.18 Å². The van der Waals surface area contributed by atoms with Crippen molar-refractivity contribution >= 4 is 11.9 Å². The number of likely N-dealkylation sites (N-methyl/N-ethyl adjacent to an activating group) is 1. The second-order valence-corrected chi connectivity index (χ2v) is 6.81. The third kappa shape index (κ3) is 5.25. The van der Waals surface area contributed by atoms with Crippen LogP contribution >= 0.6 is 0 Å². The minimum atomic E-state index is -4.18. The van der Waals surface area contributed by atoms with E-state index in [0.717, 1.165) is 25.9 Å². The van der Waals surface area contributed by atoms with Gasteiger partial charge in [0.15, 0.2) is 5.96 Å². The summed E-state index contributed by atoms with van der Waals surface area (Å²) in [4.78, 5) is 19.1. The fraction of sp³-hybridized carbons (Fsp3) is 0.867. The molecular formula is C15H26F3N5O. The second-order valence-electron chi connectivity index (χ2n) is 6.81. The zero-order chi connectivity index (χ0) is 17.8. The molecule has 0 aromatic heterocycles. The Morgan fingerprint density at radius 1 is 1.50 bits per heavy atom. The lowest BCUT2D eigenvalue weighted by Gasteiger charge is -2.40. The van der Waals surface area contributed by atoms with Gasteiger partial charge in [0.05, 0.1) is 6.54 Å². The van der Waals surface area contributed by atoms with E-state index in [2.05, 4.69) is 20.5 Å². The Labute approximate surface area is 140 Å². The summed E-state index contributed by atoms with van der Waals surface area (Å²) < 4.78 is 37.0. The molecule has 0 aromatic carbocycles. The summed E-state index contributed by atoms with van der Waals surface area (Å²) in [6.07, 6.45) is -1.66. The molecule has 0 aliphatic carbocycles. The molecule has 1 atom stereocenters. The van der Waals surface area contributed by atoms with E-state index in [1.165, 1.54) is 11.9 Å². The van der Waals surface area contributed by atoms with E-state index in [1.807, 2.05) is 0 Å². The predicted octanol–water partition coefficient (Wildman–Crippen LogP) is 0.658. The first-order valence-electron chi connectivity index (χ1n) is 8.21. The van der Waals surface area contributed by atoms with Crippen molar-refractivity contribution in [1.29, 1.82) is 0 Å².